The van der Waals surface area contributed by atoms with E-state index in [1.165, 1.54) is 32.1 Å². The molecule has 2 N–H and O–H groups in total. The molecule has 182 valence electrons. The van der Waals surface area contributed by atoms with Crippen LogP contribution in [0.5, 0.6) is 5.75 Å². The summed E-state index contributed by atoms with van der Waals surface area (Å²) < 4.78 is 5.26. The average molecular weight is 465 g/mol. The number of carboxylic acids is 1. The van der Waals surface area contributed by atoms with Crippen molar-refractivity contribution >= 4 is 17.6 Å². The van der Waals surface area contributed by atoms with E-state index < -0.39 is 18.1 Å². The van der Waals surface area contributed by atoms with Gasteiger partial charge in [-0.2, -0.15) is 0 Å². The summed E-state index contributed by atoms with van der Waals surface area (Å²) in [6.45, 7) is 0.428. The third-order valence-electron chi connectivity index (χ3n) is 7.34. The fourth-order valence-electron chi connectivity index (χ4n) is 5.35. The molecule has 4 rings (SSSR count). The van der Waals surface area contributed by atoms with Gasteiger partial charge >= 0.3 is 5.97 Å². The van der Waals surface area contributed by atoms with Crippen molar-refractivity contribution in [2.75, 3.05) is 12.0 Å². The van der Waals surface area contributed by atoms with Crippen LogP contribution in [0.15, 0.2) is 48.5 Å². The molecule has 0 radical (unpaired) electrons. The van der Waals surface area contributed by atoms with E-state index in [0.717, 1.165) is 35.4 Å². The fraction of sp³-hybridized carbons (Fsp3) is 0.500. The van der Waals surface area contributed by atoms with Gasteiger partial charge in [0.05, 0.1) is 19.7 Å². The molecule has 1 unspecified atom stereocenters. The van der Waals surface area contributed by atoms with Gasteiger partial charge in [0.25, 0.3) is 0 Å². The number of carbonyl (C=O) groups is 2. The summed E-state index contributed by atoms with van der Waals surface area (Å²) in [5.41, 5.74) is 3.01. The van der Waals surface area contributed by atoms with Crippen LogP contribution < -0.4 is 15.0 Å². The molecule has 0 bridgehead atoms. The van der Waals surface area contributed by atoms with Gasteiger partial charge < -0.3 is 14.7 Å². The van der Waals surface area contributed by atoms with E-state index in [2.05, 4.69) is 11.4 Å². The molecule has 0 saturated heterocycles. The summed E-state index contributed by atoms with van der Waals surface area (Å²) in [7, 11) is 1.63. The number of fused-ring (bicyclic) bond motifs is 1. The zero-order valence-corrected chi connectivity index (χ0v) is 20.0. The number of nitrogens with one attached hydrogen (secondary N) is 1. The highest BCUT2D eigenvalue weighted by Crippen LogP contribution is 2.30. The lowest BCUT2D eigenvalue weighted by Crippen LogP contribution is -2.51. The maximum Gasteiger partial charge on any atom is 0.320 e. The molecule has 6 heteroatoms. The minimum absolute atomic E-state index is 0.0651. The van der Waals surface area contributed by atoms with E-state index in [0.29, 0.717) is 25.3 Å². The highest BCUT2D eigenvalue weighted by atomic mass is 16.5. The molecule has 34 heavy (non-hydrogen) atoms. The lowest BCUT2D eigenvalue weighted by molar-refractivity contribution is -0.140. The van der Waals surface area contributed by atoms with Crippen LogP contribution in [0.1, 0.15) is 62.5 Å². The number of nitrogens with zero attached hydrogens (tertiary/aromatic N) is 1. The average Bonchev–Trinajstić information content (AvgIpc) is 2.99. The molecule has 2 aliphatic rings. The summed E-state index contributed by atoms with van der Waals surface area (Å²) in [5.74, 6) is 0.447. The Balaban J connectivity index is 1.50. The Morgan fingerprint density at radius 3 is 2.53 bits per heavy atom. The minimum atomic E-state index is -0.868. The van der Waals surface area contributed by atoms with E-state index in [9.17, 15) is 14.7 Å². The van der Waals surface area contributed by atoms with Crippen molar-refractivity contribution < 1.29 is 19.4 Å². The van der Waals surface area contributed by atoms with Crippen LogP contribution in [-0.4, -0.2) is 36.2 Å². The van der Waals surface area contributed by atoms with Gasteiger partial charge in [0.2, 0.25) is 5.91 Å². The van der Waals surface area contributed by atoms with E-state index in [1.54, 1.807) is 7.11 Å². The van der Waals surface area contributed by atoms with E-state index in [-0.39, 0.29) is 5.91 Å². The normalized spacial score (nSPS) is 19.9. The Morgan fingerprint density at radius 2 is 1.82 bits per heavy atom. The van der Waals surface area contributed by atoms with E-state index >= 15 is 0 Å². The topological polar surface area (TPSA) is 78.9 Å². The smallest absolute Gasteiger partial charge is 0.320 e. The third-order valence-corrected chi connectivity index (χ3v) is 7.34. The first-order chi connectivity index (χ1) is 16.5. The Kier molecular flexibility index (Phi) is 8.22. The van der Waals surface area contributed by atoms with Crippen LogP contribution in [-0.2, 0) is 22.6 Å². The molecule has 1 saturated carbocycles. The molecular weight excluding hydrogens is 428 g/mol. The van der Waals surface area contributed by atoms with Gasteiger partial charge in [-0.1, -0.05) is 62.4 Å². The minimum Gasteiger partial charge on any atom is -0.497 e. The number of carbonyl (C=O) groups excluding carboxylic acids is 1. The number of hydrogen-bond acceptors (Lipinski definition) is 4. The van der Waals surface area contributed by atoms with Gasteiger partial charge in [0.1, 0.15) is 11.8 Å². The van der Waals surface area contributed by atoms with Gasteiger partial charge in [-0.25, -0.2) is 0 Å². The second kappa shape index (κ2) is 11.5. The molecule has 1 fully saturated rings. The number of carboxylic acid groups (broad SMARTS) is 1. The Hall–Kier alpha value is -2.86. The molecular formula is C28H36N2O4. The molecule has 6 nitrogen and oxygen atoms in total. The maximum absolute atomic E-state index is 13.7. The van der Waals surface area contributed by atoms with Crippen molar-refractivity contribution in [2.24, 2.45) is 5.92 Å². The Morgan fingerprint density at radius 1 is 1.09 bits per heavy atom. The lowest BCUT2D eigenvalue weighted by atomic mass is 9.85. The predicted molar refractivity (Wildman–Crippen MR) is 133 cm³/mol. The number of anilines is 1. The second-order valence-electron chi connectivity index (χ2n) is 9.63. The van der Waals surface area contributed by atoms with E-state index in [1.807, 2.05) is 47.4 Å². The summed E-state index contributed by atoms with van der Waals surface area (Å²) in [6.07, 6.45) is 8.95. The van der Waals surface area contributed by atoms with Crippen molar-refractivity contribution in [3.8, 4) is 5.75 Å². The quantitative estimate of drug-likeness (QED) is 0.549. The number of hydrogen-bond donors (Lipinski definition) is 2. The van der Waals surface area contributed by atoms with Gasteiger partial charge in [-0.05, 0) is 60.9 Å². The standard InChI is InChI=1S/C28H36N2O4/c1-34-23-15-11-21(12-16-23)19-30-26-10-6-5-9-22(26)14-18-24(27(30)31)29-25(28(32)33)17-13-20-7-3-2-4-8-20/h5-6,9-12,15-16,20,24-25,29H,2-4,7-8,13-14,17-19H2,1H3,(H,32,33)/t24?,25-/m1/s1. The summed E-state index contributed by atoms with van der Waals surface area (Å²) >= 11 is 0. The van der Waals surface area contributed by atoms with Crippen molar-refractivity contribution in [3.05, 3.63) is 59.7 Å². The molecule has 0 aromatic heterocycles. The lowest BCUT2D eigenvalue weighted by Gasteiger charge is -2.29. The second-order valence-corrected chi connectivity index (χ2v) is 9.63. The number of ether oxygens (including phenoxy) is 1. The Labute approximate surface area is 202 Å². The number of para-hydroxylation sites is 1. The summed E-state index contributed by atoms with van der Waals surface area (Å²) in [6, 6.07) is 14.5. The van der Waals surface area contributed by atoms with Gasteiger partial charge in [0, 0.05) is 5.69 Å². The third kappa shape index (κ3) is 5.98. The van der Waals surface area contributed by atoms with Crippen molar-refractivity contribution in [2.45, 2.75) is 76.4 Å². The van der Waals surface area contributed by atoms with Crippen molar-refractivity contribution in [3.63, 3.8) is 0 Å². The number of rotatable bonds is 9. The van der Waals surface area contributed by atoms with Gasteiger partial charge in [-0.3, -0.25) is 14.9 Å². The van der Waals surface area contributed by atoms with Crippen LogP contribution >= 0.6 is 0 Å². The molecule has 0 spiro atoms. The zero-order chi connectivity index (χ0) is 23.9. The van der Waals surface area contributed by atoms with Crippen LogP contribution in [0.3, 0.4) is 0 Å². The zero-order valence-electron chi connectivity index (χ0n) is 20.0. The molecule has 1 aliphatic heterocycles. The first-order valence-corrected chi connectivity index (χ1v) is 12.6. The Bertz CT molecular complexity index is 969. The first kappa shape index (κ1) is 24.3. The fourth-order valence-corrected chi connectivity index (χ4v) is 5.35. The van der Waals surface area contributed by atoms with Crippen LogP contribution in [0.2, 0.25) is 0 Å². The molecule has 1 amide bonds. The number of aliphatic carboxylic acids is 1. The van der Waals surface area contributed by atoms with Crippen LogP contribution in [0, 0.1) is 5.92 Å². The summed E-state index contributed by atoms with van der Waals surface area (Å²) in [5, 5.41) is 13.2. The van der Waals surface area contributed by atoms with Gasteiger partial charge in [-0.15, -0.1) is 0 Å². The number of methoxy groups -OCH3 is 1. The number of aryl methyl sites for hydroxylation is 1. The molecule has 1 heterocycles. The molecule has 2 atom stereocenters. The van der Waals surface area contributed by atoms with Crippen molar-refractivity contribution in [1.82, 2.24) is 5.32 Å². The van der Waals surface area contributed by atoms with E-state index in [4.69, 9.17) is 4.74 Å². The predicted octanol–water partition coefficient (Wildman–Crippen LogP) is 4.95. The first-order valence-electron chi connectivity index (χ1n) is 12.6. The highest BCUT2D eigenvalue weighted by molar-refractivity contribution is 5.98. The molecule has 2 aromatic carbocycles. The monoisotopic (exact) mass is 464 g/mol. The number of amides is 1. The molecule has 2 aromatic rings. The van der Waals surface area contributed by atoms with Crippen molar-refractivity contribution in [1.29, 1.82) is 0 Å². The van der Waals surface area contributed by atoms with Gasteiger partial charge in [0.15, 0.2) is 0 Å². The number of benzene rings is 2. The highest BCUT2D eigenvalue weighted by Gasteiger charge is 2.33. The van der Waals surface area contributed by atoms with Crippen LogP contribution in [0.25, 0.3) is 0 Å². The summed E-state index contributed by atoms with van der Waals surface area (Å²) in [4.78, 5) is 27.6. The SMILES string of the molecule is COc1ccc(CN2C(=O)C(N[C@H](CCC3CCCCC3)C(=O)O)CCc3ccccc32)cc1. The van der Waals surface area contributed by atoms with Crippen LogP contribution in [0.4, 0.5) is 5.69 Å². The molecule has 1 aliphatic carbocycles. The maximum atomic E-state index is 13.7. The largest absolute Gasteiger partial charge is 0.497 e.